The van der Waals surface area contributed by atoms with Gasteiger partial charge in [-0.2, -0.15) is 12.6 Å². The van der Waals surface area contributed by atoms with Gasteiger partial charge in [0.1, 0.15) is 48.3 Å². The van der Waals surface area contributed by atoms with E-state index >= 15 is 0 Å². The van der Waals surface area contributed by atoms with Crippen molar-refractivity contribution in [1.29, 1.82) is 0 Å². The Hall–Kier alpha value is -7.61. The molecule has 2 aromatic carbocycles. The standard InChI is InChI=1S/C47H65N9O16S/c1-5-24(2)38(46(70)51-30(17-19-36(59)60)42(66)54-33(47(71)72)21-28-14-10-7-11-15-28)56-44(68)31(20-27-12-8-6-9-13-27)52-40(64)26(4)49-43(67)32(22-37(61)62)53-41(65)29(16-18-35(57)58)50-45(69)34(23-73)55-39(63)25(3)48/h6-15,24-26,29-34,38,73H,5,16-23,48H2,1-4H3,(H,49,67)(H,50,69)(H,51,70)(H,52,64)(H,53,65)(H,54,66)(H,55,63)(H,56,68)(H,57,58)(H,59,60)(H,61,62)(H,71,72)/t24-,25-,26-,29-,30-,31-,32-,33-,34-,38-/m0/s1. The Morgan fingerprint density at radius 3 is 1.32 bits per heavy atom. The predicted octanol–water partition coefficient (Wildman–Crippen LogP) is -2.02. The Bertz CT molecular complexity index is 2270. The van der Waals surface area contributed by atoms with Gasteiger partial charge in [0.05, 0.1) is 12.5 Å². The van der Waals surface area contributed by atoms with Gasteiger partial charge >= 0.3 is 23.9 Å². The summed E-state index contributed by atoms with van der Waals surface area (Å²) in [5.41, 5.74) is 6.63. The summed E-state index contributed by atoms with van der Waals surface area (Å²) in [6, 6.07) is 3.05. The lowest BCUT2D eigenvalue weighted by atomic mass is 9.96. The summed E-state index contributed by atoms with van der Waals surface area (Å²) in [5, 5.41) is 57.2. The van der Waals surface area contributed by atoms with Crippen LogP contribution in [0.3, 0.4) is 0 Å². The first-order chi connectivity index (χ1) is 34.4. The van der Waals surface area contributed by atoms with E-state index in [0.29, 0.717) is 11.1 Å². The molecule has 0 aliphatic carbocycles. The number of nitrogens with one attached hydrogen (secondary N) is 8. The van der Waals surface area contributed by atoms with Gasteiger partial charge < -0.3 is 68.7 Å². The zero-order valence-corrected chi connectivity index (χ0v) is 41.5. The molecule has 0 saturated carbocycles. The number of rotatable bonds is 32. The van der Waals surface area contributed by atoms with E-state index in [4.69, 9.17) is 5.73 Å². The van der Waals surface area contributed by atoms with Crippen molar-refractivity contribution >= 4 is 83.8 Å². The summed E-state index contributed by atoms with van der Waals surface area (Å²) in [7, 11) is 0. The van der Waals surface area contributed by atoms with Crippen molar-refractivity contribution in [3.05, 3.63) is 71.8 Å². The normalized spacial score (nSPS) is 15.0. The molecule has 2 rings (SSSR count). The minimum atomic E-state index is -1.93. The predicted molar refractivity (Wildman–Crippen MR) is 262 cm³/mol. The van der Waals surface area contributed by atoms with Crippen molar-refractivity contribution in [1.82, 2.24) is 42.5 Å². The van der Waals surface area contributed by atoms with E-state index < -0.39 is 164 Å². The fourth-order valence-electron chi connectivity index (χ4n) is 6.77. The van der Waals surface area contributed by atoms with Crippen LogP contribution in [-0.2, 0) is 70.4 Å². The van der Waals surface area contributed by atoms with E-state index in [9.17, 15) is 78.0 Å². The summed E-state index contributed by atoms with van der Waals surface area (Å²) in [4.78, 5) is 155. The van der Waals surface area contributed by atoms with Gasteiger partial charge in [-0.3, -0.25) is 52.7 Å². The smallest absolute Gasteiger partial charge is 0.326 e. The zero-order valence-electron chi connectivity index (χ0n) is 40.6. The van der Waals surface area contributed by atoms with Crippen LogP contribution < -0.4 is 48.3 Å². The van der Waals surface area contributed by atoms with Crippen LogP contribution in [-0.4, -0.2) is 152 Å². The topological polar surface area (TPSA) is 408 Å². The number of thiol groups is 1. The number of aliphatic carboxylic acids is 4. The van der Waals surface area contributed by atoms with Crippen LogP contribution in [0, 0.1) is 5.92 Å². The minimum absolute atomic E-state index is 0.141. The first-order valence-electron chi connectivity index (χ1n) is 23.1. The van der Waals surface area contributed by atoms with Crippen LogP contribution in [0.25, 0.3) is 0 Å². The molecule has 26 heteroatoms. The molecule has 0 saturated heterocycles. The van der Waals surface area contributed by atoms with E-state index in [-0.39, 0.29) is 25.0 Å². The molecule has 2 aromatic rings. The molecule has 0 bridgehead atoms. The van der Waals surface area contributed by atoms with Crippen LogP contribution in [0.4, 0.5) is 0 Å². The molecule has 0 spiro atoms. The molecule has 8 amide bonds. The van der Waals surface area contributed by atoms with E-state index in [0.717, 1.165) is 0 Å². The summed E-state index contributed by atoms with van der Waals surface area (Å²) in [6.07, 6.45) is -3.45. The van der Waals surface area contributed by atoms with Gasteiger partial charge in [0.2, 0.25) is 47.3 Å². The molecule has 0 aromatic heterocycles. The first-order valence-corrected chi connectivity index (χ1v) is 23.8. The van der Waals surface area contributed by atoms with E-state index in [1.807, 2.05) is 0 Å². The second-order valence-electron chi connectivity index (χ2n) is 17.1. The van der Waals surface area contributed by atoms with Gasteiger partial charge in [-0.25, -0.2) is 4.79 Å². The third kappa shape index (κ3) is 22.1. The highest BCUT2D eigenvalue weighted by atomic mass is 32.1. The van der Waals surface area contributed by atoms with E-state index in [1.54, 1.807) is 74.5 Å². The monoisotopic (exact) mass is 1040 g/mol. The van der Waals surface area contributed by atoms with Crippen molar-refractivity contribution < 1.29 is 78.0 Å². The number of hydrogen-bond acceptors (Lipinski definition) is 14. The highest BCUT2D eigenvalue weighted by Crippen LogP contribution is 2.13. The van der Waals surface area contributed by atoms with Crippen LogP contribution in [0.5, 0.6) is 0 Å². The van der Waals surface area contributed by atoms with Crippen molar-refractivity contribution in [2.45, 2.75) is 133 Å². The second kappa shape index (κ2) is 31.0. The maximum Gasteiger partial charge on any atom is 0.326 e. The summed E-state index contributed by atoms with van der Waals surface area (Å²) in [5.74, 6) is -14.7. The number of carbonyl (C=O) groups excluding carboxylic acids is 8. The van der Waals surface area contributed by atoms with Gasteiger partial charge in [-0.15, -0.1) is 0 Å². The quantitative estimate of drug-likeness (QED) is 0.0352. The molecule has 0 fully saturated rings. The molecular formula is C47H65N9O16S. The van der Waals surface area contributed by atoms with E-state index in [2.05, 4.69) is 55.2 Å². The van der Waals surface area contributed by atoms with Crippen molar-refractivity contribution in [2.75, 3.05) is 5.75 Å². The Morgan fingerprint density at radius 2 is 0.877 bits per heavy atom. The van der Waals surface area contributed by atoms with Gasteiger partial charge in [0, 0.05) is 31.4 Å². The lowest BCUT2D eigenvalue weighted by molar-refractivity contribution is -0.143. The Balaban J connectivity index is 2.37. The van der Waals surface area contributed by atoms with Crippen molar-refractivity contribution in [3.63, 3.8) is 0 Å². The fraction of sp³-hybridized carbons (Fsp3) is 0.489. The lowest BCUT2D eigenvalue weighted by Crippen LogP contribution is -2.61. The maximum atomic E-state index is 14.2. The molecule has 73 heavy (non-hydrogen) atoms. The molecule has 400 valence electrons. The fourth-order valence-corrected chi connectivity index (χ4v) is 7.03. The lowest BCUT2D eigenvalue weighted by Gasteiger charge is -2.29. The van der Waals surface area contributed by atoms with Gasteiger partial charge in [-0.05, 0) is 43.7 Å². The number of carboxylic acids is 4. The number of amides is 8. The van der Waals surface area contributed by atoms with Crippen LogP contribution >= 0.6 is 12.6 Å². The third-order valence-electron chi connectivity index (χ3n) is 11.2. The van der Waals surface area contributed by atoms with Crippen LogP contribution in [0.2, 0.25) is 0 Å². The largest absolute Gasteiger partial charge is 0.481 e. The molecule has 0 aliphatic heterocycles. The molecule has 0 aliphatic rings. The van der Waals surface area contributed by atoms with Gasteiger partial charge in [0.15, 0.2) is 0 Å². The van der Waals surface area contributed by atoms with Gasteiger partial charge in [0.25, 0.3) is 0 Å². The summed E-state index contributed by atoms with van der Waals surface area (Å²) in [6.45, 7) is 5.79. The number of carbonyl (C=O) groups is 12. The summed E-state index contributed by atoms with van der Waals surface area (Å²) >= 11 is 4.03. The average molecular weight is 1040 g/mol. The molecule has 0 unspecified atom stereocenters. The highest BCUT2D eigenvalue weighted by molar-refractivity contribution is 7.80. The maximum absolute atomic E-state index is 14.2. The van der Waals surface area contributed by atoms with Crippen molar-refractivity contribution in [2.24, 2.45) is 11.7 Å². The van der Waals surface area contributed by atoms with Crippen LogP contribution in [0.15, 0.2) is 60.7 Å². The molecule has 0 radical (unpaired) electrons. The molecule has 14 N–H and O–H groups in total. The zero-order chi connectivity index (χ0) is 54.9. The Kier molecular flexibility index (Phi) is 26.1. The van der Waals surface area contributed by atoms with E-state index in [1.165, 1.54) is 13.8 Å². The average Bonchev–Trinajstić information content (AvgIpc) is 3.33. The molecule has 0 heterocycles. The Labute approximate surface area is 425 Å². The van der Waals surface area contributed by atoms with Crippen molar-refractivity contribution in [3.8, 4) is 0 Å². The second-order valence-corrected chi connectivity index (χ2v) is 17.5. The number of benzene rings is 2. The molecular weight excluding hydrogens is 979 g/mol. The molecule has 10 atom stereocenters. The number of hydrogen-bond donors (Lipinski definition) is 14. The minimum Gasteiger partial charge on any atom is -0.481 e. The first kappa shape index (κ1) is 61.5. The number of carboxylic acid groups (broad SMARTS) is 4. The Morgan fingerprint density at radius 1 is 0.479 bits per heavy atom. The highest BCUT2D eigenvalue weighted by Gasteiger charge is 2.36. The SMILES string of the molecule is CC[C@H](C)[C@H](NC(=O)[C@H](Cc1ccccc1)NC(=O)[C@H](C)NC(=O)[C@H](CC(=O)O)NC(=O)[C@H](CCC(=O)O)NC(=O)[C@H](CS)NC(=O)[C@H](C)N)C(=O)N[C@@H](CCC(=O)O)C(=O)N[C@@H](Cc1ccccc1)C(=O)O. The summed E-state index contributed by atoms with van der Waals surface area (Å²) < 4.78 is 0. The third-order valence-corrected chi connectivity index (χ3v) is 11.5. The van der Waals surface area contributed by atoms with Crippen LogP contribution in [0.1, 0.15) is 77.3 Å². The molecule has 25 nitrogen and oxygen atoms in total. The number of nitrogens with two attached hydrogens (primary N) is 1. The van der Waals surface area contributed by atoms with Gasteiger partial charge in [-0.1, -0.05) is 80.9 Å².